The first-order valence-electron chi connectivity index (χ1n) is 6.44. The quantitative estimate of drug-likeness (QED) is 0.788. The van der Waals surface area contributed by atoms with Gasteiger partial charge in [-0.2, -0.15) is 5.10 Å². The van der Waals surface area contributed by atoms with Crippen molar-refractivity contribution < 1.29 is 19.1 Å². The molecule has 1 aliphatic heterocycles. The van der Waals surface area contributed by atoms with E-state index in [2.05, 4.69) is 14.9 Å². The lowest BCUT2D eigenvalue weighted by Gasteiger charge is -2.29. The van der Waals surface area contributed by atoms with E-state index in [1.54, 1.807) is 4.90 Å². The van der Waals surface area contributed by atoms with E-state index in [0.29, 0.717) is 25.1 Å². The third-order valence-corrected chi connectivity index (χ3v) is 2.96. The molecule has 7 nitrogen and oxygen atoms in total. The molecule has 0 radical (unpaired) electrons. The van der Waals surface area contributed by atoms with Gasteiger partial charge in [-0.15, -0.1) is 0 Å². The zero-order valence-corrected chi connectivity index (χ0v) is 12.1. The summed E-state index contributed by atoms with van der Waals surface area (Å²) in [6.07, 6.45) is 0.221. The van der Waals surface area contributed by atoms with Gasteiger partial charge in [0.25, 0.3) is 0 Å². The van der Waals surface area contributed by atoms with Gasteiger partial charge in [0.05, 0.1) is 13.7 Å². The molecule has 0 unspecified atom stereocenters. The Morgan fingerprint density at radius 2 is 2.05 bits per heavy atom. The molecular formula is C13H19N3O4. The number of hydrogen-bond acceptors (Lipinski definition) is 5. The molecular weight excluding hydrogens is 262 g/mol. The number of carbonyl (C=O) groups is 2. The largest absolute Gasteiger partial charge is 0.464 e. The number of esters is 1. The van der Waals surface area contributed by atoms with Crippen molar-refractivity contribution in [3.63, 3.8) is 0 Å². The Bertz CT molecular complexity index is 530. The lowest BCUT2D eigenvalue weighted by Crippen LogP contribution is -2.40. The number of amides is 1. The number of rotatable bonds is 1. The van der Waals surface area contributed by atoms with E-state index in [1.807, 2.05) is 20.8 Å². The van der Waals surface area contributed by atoms with Crippen LogP contribution in [-0.2, 0) is 22.4 Å². The van der Waals surface area contributed by atoms with Gasteiger partial charge >= 0.3 is 12.1 Å². The highest BCUT2D eigenvalue weighted by atomic mass is 16.6. The minimum Gasteiger partial charge on any atom is -0.464 e. The normalized spacial score (nSPS) is 14.7. The van der Waals surface area contributed by atoms with E-state index in [4.69, 9.17) is 4.74 Å². The Morgan fingerprint density at radius 1 is 1.35 bits per heavy atom. The number of methoxy groups -OCH3 is 1. The van der Waals surface area contributed by atoms with Crippen molar-refractivity contribution in [2.75, 3.05) is 13.7 Å². The number of nitrogens with zero attached hydrogens (tertiary/aromatic N) is 2. The van der Waals surface area contributed by atoms with Gasteiger partial charge in [0, 0.05) is 24.2 Å². The number of aromatic amines is 1. The molecule has 0 bridgehead atoms. The Morgan fingerprint density at radius 3 is 2.65 bits per heavy atom. The highest BCUT2D eigenvalue weighted by Crippen LogP contribution is 2.22. The van der Waals surface area contributed by atoms with Gasteiger partial charge in [-0.1, -0.05) is 0 Å². The van der Waals surface area contributed by atoms with Crippen LogP contribution in [0.25, 0.3) is 0 Å². The predicted molar refractivity (Wildman–Crippen MR) is 70.3 cm³/mol. The van der Waals surface area contributed by atoms with Gasteiger partial charge in [0.15, 0.2) is 5.69 Å². The summed E-state index contributed by atoms with van der Waals surface area (Å²) in [5, 5.41) is 6.78. The van der Waals surface area contributed by atoms with E-state index >= 15 is 0 Å². The molecule has 0 spiro atoms. The minimum absolute atomic E-state index is 0.232. The SMILES string of the molecule is COC(=O)c1n[nH]c2c1CN(C(=O)OC(C)(C)C)CC2. The van der Waals surface area contributed by atoms with Gasteiger partial charge in [-0.3, -0.25) is 5.10 Å². The number of hydrogen-bond donors (Lipinski definition) is 1. The van der Waals surface area contributed by atoms with Crippen LogP contribution < -0.4 is 0 Å². The van der Waals surface area contributed by atoms with Crippen molar-refractivity contribution in [3.8, 4) is 0 Å². The molecule has 0 saturated carbocycles. The van der Waals surface area contributed by atoms with Gasteiger partial charge in [0.1, 0.15) is 5.60 Å². The maximum atomic E-state index is 12.1. The molecule has 1 aromatic heterocycles. The summed E-state index contributed by atoms with van der Waals surface area (Å²) in [5.41, 5.74) is 1.26. The number of H-pyrrole nitrogens is 1. The monoisotopic (exact) mass is 281 g/mol. The molecule has 0 aliphatic carbocycles. The molecule has 2 rings (SSSR count). The van der Waals surface area contributed by atoms with Crippen LogP contribution in [0.15, 0.2) is 0 Å². The minimum atomic E-state index is -0.543. The first-order chi connectivity index (χ1) is 9.31. The zero-order chi connectivity index (χ0) is 14.9. The number of ether oxygens (including phenoxy) is 2. The predicted octanol–water partition coefficient (Wildman–Crippen LogP) is 1.49. The zero-order valence-electron chi connectivity index (χ0n) is 12.1. The van der Waals surface area contributed by atoms with E-state index in [1.165, 1.54) is 7.11 Å². The van der Waals surface area contributed by atoms with Crippen LogP contribution in [0.3, 0.4) is 0 Å². The maximum Gasteiger partial charge on any atom is 0.410 e. The van der Waals surface area contributed by atoms with Crippen molar-refractivity contribution in [2.24, 2.45) is 0 Å². The number of aromatic nitrogens is 2. The molecule has 1 aromatic rings. The van der Waals surface area contributed by atoms with Gasteiger partial charge in [-0.25, -0.2) is 9.59 Å². The van der Waals surface area contributed by atoms with Crippen LogP contribution >= 0.6 is 0 Å². The van der Waals surface area contributed by atoms with E-state index in [9.17, 15) is 9.59 Å². The van der Waals surface area contributed by atoms with Crippen molar-refractivity contribution in [1.82, 2.24) is 15.1 Å². The number of nitrogens with one attached hydrogen (secondary N) is 1. The molecule has 0 atom stereocenters. The Balaban J connectivity index is 2.15. The van der Waals surface area contributed by atoms with Crippen molar-refractivity contribution in [2.45, 2.75) is 39.3 Å². The summed E-state index contributed by atoms with van der Waals surface area (Å²) in [4.78, 5) is 25.2. The molecule has 1 amide bonds. The fraction of sp³-hybridized carbons (Fsp3) is 0.615. The van der Waals surface area contributed by atoms with Crippen LogP contribution in [0.1, 0.15) is 42.5 Å². The van der Waals surface area contributed by atoms with Crippen LogP contribution in [0.5, 0.6) is 0 Å². The van der Waals surface area contributed by atoms with E-state index in [0.717, 1.165) is 5.69 Å². The third-order valence-electron chi connectivity index (χ3n) is 2.96. The average molecular weight is 281 g/mol. The summed E-state index contributed by atoms with van der Waals surface area (Å²) < 4.78 is 10.0. The second-order valence-electron chi connectivity index (χ2n) is 5.67. The lowest BCUT2D eigenvalue weighted by atomic mass is 10.1. The Kier molecular flexibility index (Phi) is 3.69. The Labute approximate surface area is 117 Å². The molecule has 0 aromatic carbocycles. The first kappa shape index (κ1) is 14.4. The summed E-state index contributed by atoms with van der Waals surface area (Å²) in [6, 6.07) is 0. The van der Waals surface area contributed by atoms with Crippen LogP contribution in [0, 0.1) is 0 Å². The summed E-state index contributed by atoms with van der Waals surface area (Å²) in [7, 11) is 1.30. The fourth-order valence-electron chi connectivity index (χ4n) is 2.04. The maximum absolute atomic E-state index is 12.1. The van der Waals surface area contributed by atoms with Gasteiger partial charge in [-0.05, 0) is 20.8 Å². The number of fused-ring (bicyclic) bond motifs is 1. The van der Waals surface area contributed by atoms with Crippen molar-refractivity contribution >= 4 is 12.1 Å². The number of carbonyl (C=O) groups excluding carboxylic acids is 2. The molecule has 20 heavy (non-hydrogen) atoms. The molecule has 1 aliphatic rings. The van der Waals surface area contributed by atoms with Gasteiger partial charge in [0.2, 0.25) is 0 Å². The highest BCUT2D eigenvalue weighted by Gasteiger charge is 2.30. The van der Waals surface area contributed by atoms with Gasteiger partial charge < -0.3 is 14.4 Å². The molecule has 0 saturated heterocycles. The lowest BCUT2D eigenvalue weighted by molar-refractivity contribution is 0.0221. The molecule has 1 N–H and O–H groups in total. The van der Waals surface area contributed by atoms with Crippen molar-refractivity contribution in [3.05, 3.63) is 17.0 Å². The fourth-order valence-corrected chi connectivity index (χ4v) is 2.04. The smallest absolute Gasteiger partial charge is 0.410 e. The average Bonchev–Trinajstić information content (AvgIpc) is 2.78. The summed E-state index contributed by atoms with van der Waals surface area (Å²) in [6.45, 7) is 6.28. The van der Waals surface area contributed by atoms with Crippen LogP contribution in [0.2, 0.25) is 0 Å². The molecule has 110 valence electrons. The first-order valence-corrected chi connectivity index (χ1v) is 6.44. The standard InChI is InChI=1S/C13H19N3O4/c1-13(2,3)20-12(18)16-6-5-9-8(7-16)10(15-14-9)11(17)19-4/h5-7H2,1-4H3,(H,14,15). The molecule has 2 heterocycles. The summed E-state index contributed by atoms with van der Waals surface area (Å²) >= 11 is 0. The second kappa shape index (κ2) is 5.15. The van der Waals surface area contributed by atoms with Crippen molar-refractivity contribution in [1.29, 1.82) is 0 Å². The molecule has 0 fully saturated rings. The highest BCUT2D eigenvalue weighted by molar-refractivity contribution is 5.89. The summed E-state index contributed by atoms with van der Waals surface area (Å²) in [5.74, 6) is -0.506. The topological polar surface area (TPSA) is 84.5 Å². The van der Waals surface area contributed by atoms with E-state index < -0.39 is 11.6 Å². The molecule has 7 heteroatoms. The van der Waals surface area contributed by atoms with E-state index in [-0.39, 0.29) is 11.8 Å². The Hall–Kier alpha value is -2.05. The van der Waals surface area contributed by atoms with Crippen LogP contribution in [-0.4, -0.2) is 46.4 Å². The second-order valence-corrected chi connectivity index (χ2v) is 5.67. The van der Waals surface area contributed by atoms with Crippen LogP contribution in [0.4, 0.5) is 4.79 Å². The third kappa shape index (κ3) is 2.92.